The molecular weight excluding hydrogens is 330 g/mol. The van der Waals surface area contributed by atoms with Crippen molar-refractivity contribution >= 4 is 32.7 Å². The number of benzene rings is 2. The van der Waals surface area contributed by atoms with Crippen LogP contribution in [0.1, 0.15) is 15.9 Å². The van der Waals surface area contributed by atoms with Crippen LogP contribution in [0.15, 0.2) is 59.2 Å². The monoisotopic (exact) mass is 343 g/mol. The summed E-state index contributed by atoms with van der Waals surface area (Å²) in [6, 6.07) is 15.8. The molecule has 1 heterocycles. The van der Waals surface area contributed by atoms with Crippen molar-refractivity contribution in [1.82, 2.24) is 9.99 Å². The van der Waals surface area contributed by atoms with Gasteiger partial charge in [-0.15, -0.1) is 0 Å². The normalized spacial score (nSPS) is 10.8. The molecule has 0 bridgehead atoms. The number of aromatic nitrogens is 1. The Balaban J connectivity index is 1.86. The number of carbonyl (C=O) groups is 1. The SMILES string of the molecule is NNC(=O)c1ccc(Cn2ccc3cc(Br)ccc32)cc1. The fraction of sp³-hybridized carbons (Fsp3) is 0.0625. The second-order valence-corrected chi connectivity index (χ2v) is 5.73. The van der Waals surface area contributed by atoms with Crippen molar-refractivity contribution in [1.29, 1.82) is 0 Å². The first-order chi connectivity index (χ1) is 10.2. The van der Waals surface area contributed by atoms with Crippen LogP contribution in [0.2, 0.25) is 0 Å². The Labute approximate surface area is 130 Å². The Morgan fingerprint density at radius 3 is 2.62 bits per heavy atom. The summed E-state index contributed by atoms with van der Waals surface area (Å²) in [7, 11) is 0. The van der Waals surface area contributed by atoms with Crippen molar-refractivity contribution in [3.8, 4) is 0 Å². The van der Waals surface area contributed by atoms with Crippen molar-refractivity contribution in [2.24, 2.45) is 5.84 Å². The zero-order chi connectivity index (χ0) is 14.8. The molecular formula is C16H14BrN3O. The third-order valence-corrected chi connectivity index (χ3v) is 3.93. The van der Waals surface area contributed by atoms with Gasteiger partial charge in [0.15, 0.2) is 0 Å². The molecule has 1 amide bonds. The number of hydrogen-bond donors (Lipinski definition) is 2. The van der Waals surface area contributed by atoms with Gasteiger partial charge in [0.2, 0.25) is 0 Å². The van der Waals surface area contributed by atoms with E-state index in [1.807, 2.05) is 18.2 Å². The van der Waals surface area contributed by atoms with Crippen LogP contribution in [0, 0.1) is 0 Å². The molecule has 0 aliphatic rings. The molecule has 4 nitrogen and oxygen atoms in total. The smallest absolute Gasteiger partial charge is 0.265 e. The van der Waals surface area contributed by atoms with Crippen LogP contribution in [0.3, 0.4) is 0 Å². The Kier molecular flexibility index (Phi) is 3.77. The third kappa shape index (κ3) is 2.84. The minimum absolute atomic E-state index is 0.280. The summed E-state index contributed by atoms with van der Waals surface area (Å²) in [4.78, 5) is 11.4. The molecule has 3 aromatic rings. The molecule has 2 aromatic carbocycles. The summed E-state index contributed by atoms with van der Waals surface area (Å²) in [5.41, 5.74) is 5.00. The topological polar surface area (TPSA) is 60.0 Å². The van der Waals surface area contributed by atoms with E-state index in [1.54, 1.807) is 12.1 Å². The molecule has 0 radical (unpaired) electrons. The zero-order valence-corrected chi connectivity index (χ0v) is 12.8. The molecule has 0 fully saturated rings. The first-order valence-corrected chi connectivity index (χ1v) is 7.31. The van der Waals surface area contributed by atoms with Crippen LogP contribution in [0.4, 0.5) is 0 Å². The summed E-state index contributed by atoms with van der Waals surface area (Å²) in [5.74, 6) is 4.84. The summed E-state index contributed by atoms with van der Waals surface area (Å²) in [5, 5.41) is 1.20. The Morgan fingerprint density at radius 1 is 1.14 bits per heavy atom. The van der Waals surface area contributed by atoms with Gasteiger partial charge in [0, 0.05) is 33.7 Å². The molecule has 21 heavy (non-hydrogen) atoms. The number of hydrogen-bond acceptors (Lipinski definition) is 2. The number of fused-ring (bicyclic) bond motifs is 1. The number of amides is 1. The molecule has 3 rings (SSSR count). The minimum Gasteiger partial charge on any atom is -0.343 e. The number of nitrogens with one attached hydrogen (secondary N) is 1. The van der Waals surface area contributed by atoms with Gasteiger partial charge < -0.3 is 4.57 Å². The lowest BCUT2D eigenvalue weighted by Crippen LogP contribution is -2.29. The lowest BCUT2D eigenvalue weighted by molar-refractivity contribution is 0.0953. The maximum Gasteiger partial charge on any atom is 0.265 e. The average molecular weight is 344 g/mol. The Bertz CT molecular complexity index is 793. The summed E-state index contributed by atoms with van der Waals surface area (Å²) < 4.78 is 3.25. The van der Waals surface area contributed by atoms with Gasteiger partial charge >= 0.3 is 0 Å². The number of nitrogen functional groups attached to an aromatic ring is 1. The molecule has 3 N–H and O–H groups in total. The fourth-order valence-corrected chi connectivity index (χ4v) is 2.73. The van der Waals surface area contributed by atoms with Crippen molar-refractivity contribution in [2.45, 2.75) is 6.54 Å². The molecule has 0 aliphatic heterocycles. The van der Waals surface area contributed by atoms with Gasteiger partial charge in [0.25, 0.3) is 5.91 Å². The number of carbonyl (C=O) groups excluding carboxylic acids is 1. The van der Waals surface area contributed by atoms with Crippen LogP contribution < -0.4 is 11.3 Å². The molecule has 5 heteroatoms. The highest BCUT2D eigenvalue weighted by Gasteiger charge is 2.05. The number of halogens is 1. The quantitative estimate of drug-likeness (QED) is 0.436. The van der Waals surface area contributed by atoms with Crippen LogP contribution in [0.25, 0.3) is 10.9 Å². The molecule has 0 aliphatic carbocycles. The fourth-order valence-electron chi connectivity index (χ4n) is 2.35. The van der Waals surface area contributed by atoms with Crippen LogP contribution in [0.5, 0.6) is 0 Å². The maximum atomic E-state index is 11.4. The maximum absolute atomic E-state index is 11.4. The zero-order valence-electron chi connectivity index (χ0n) is 11.2. The van der Waals surface area contributed by atoms with E-state index in [1.165, 1.54) is 10.9 Å². The van der Waals surface area contributed by atoms with E-state index in [0.717, 1.165) is 16.6 Å². The van der Waals surface area contributed by atoms with Gasteiger partial charge in [-0.2, -0.15) is 0 Å². The number of rotatable bonds is 3. The van der Waals surface area contributed by atoms with E-state index in [4.69, 9.17) is 5.84 Å². The van der Waals surface area contributed by atoms with Crippen LogP contribution in [-0.4, -0.2) is 10.5 Å². The molecule has 0 spiro atoms. The van der Waals surface area contributed by atoms with E-state index >= 15 is 0 Å². The van der Waals surface area contributed by atoms with E-state index < -0.39 is 0 Å². The third-order valence-electron chi connectivity index (χ3n) is 3.43. The van der Waals surface area contributed by atoms with Gasteiger partial charge in [0.1, 0.15) is 0 Å². The molecule has 106 valence electrons. The highest BCUT2D eigenvalue weighted by Crippen LogP contribution is 2.21. The van der Waals surface area contributed by atoms with Gasteiger partial charge in [0.05, 0.1) is 0 Å². The first kappa shape index (κ1) is 13.9. The molecule has 1 aromatic heterocycles. The summed E-state index contributed by atoms with van der Waals surface area (Å²) in [6.45, 7) is 0.760. The summed E-state index contributed by atoms with van der Waals surface area (Å²) >= 11 is 3.48. The molecule has 0 saturated heterocycles. The van der Waals surface area contributed by atoms with Crippen molar-refractivity contribution in [2.75, 3.05) is 0 Å². The highest BCUT2D eigenvalue weighted by molar-refractivity contribution is 9.10. The lowest BCUT2D eigenvalue weighted by atomic mass is 10.1. The Hall–Kier alpha value is -2.11. The molecule has 0 atom stereocenters. The summed E-state index contributed by atoms with van der Waals surface area (Å²) in [6.07, 6.45) is 2.07. The highest BCUT2D eigenvalue weighted by atomic mass is 79.9. The second-order valence-electron chi connectivity index (χ2n) is 4.82. The largest absolute Gasteiger partial charge is 0.343 e. The van der Waals surface area contributed by atoms with E-state index in [0.29, 0.717) is 5.56 Å². The van der Waals surface area contributed by atoms with Gasteiger partial charge in [-0.25, -0.2) is 5.84 Å². The van der Waals surface area contributed by atoms with E-state index in [9.17, 15) is 4.79 Å². The lowest BCUT2D eigenvalue weighted by Gasteiger charge is -2.07. The van der Waals surface area contributed by atoms with Crippen LogP contribution in [-0.2, 0) is 6.54 Å². The minimum atomic E-state index is -0.280. The van der Waals surface area contributed by atoms with Crippen LogP contribution >= 0.6 is 15.9 Å². The predicted octanol–water partition coefficient (Wildman–Crippen LogP) is 3.06. The van der Waals surface area contributed by atoms with Crippen molar-refractivity contribution < 1.29 is 4.79 Å². The first-order valence-electron chi connectivity index (χ1n) is 6.51. The van der Waals surface area contributed by atoms with Gasteiger partial charge in [-0.3, -0.25) is 10.2 Å². The average Bonchev–Trinajstić information content (AvgIpc) is 2.89. The van der Waals surface area contributed by atoms with E-state index in [-0.39, 0.29) is 5.91 Å². The van der Waals surface area contributed by atoms with Gasteiger partial charge in [-0.05, 0) is 42.0 Å². The number of nitrogens with two attached hydrogens (primary N) is 1. The molecule has 0 unspecified atom stereocenters. The number of hydrazine groups is 1. The van der Waals surface area contributed by atoms with Crippen molar-refractivity contribution in [3.63, 3.8) is 0 Å². The predicted molar refractivity (Wildman–Crippen MR) is 86.8 cm³/mol. The Morgan fingerprint density at radius 2 is 1.90 bits per heavy atom. The standard InChI is InChI=1S/C16H14BrN3O/c17-14-5-6-15-13(9-14)7-8-20(15)10-11-1-3-12(4-2-11)16(21)19-18/h1-9H,10,18H2,(H,19,21). The number of nitrogens with zero attached hydrogens (tertiary/aromatic N) is 1. The second kappa shape index (κ2) is 5.71. The van der Waals surface area contributed by atoms with E-state index in [2.05, 4.69) is 50.3 Å². The molecule has 0 saturated carbocycles. The van der Waals surface area contributed by atoms with Gasteiger partial charge in [-0.1, -0.05) is 28.1 Å². The van der Waals surface area contributed by atoms with Crippen molar-refractivity contribution in [3.05, 3.63) is 70.3 Å².